The topological polar surface area (TPSA) is 63.0 Å². The summed E-state index contributed by atoms with van der Waals surface area (Å²) in [6, 6.07) is 10.5. The Morgan fingerprint density at radius 2 is 1.90 bits per heavy atom. The van der Waals surface area contributed by atoms with Crippen molar-refractivity contribution in [3.63, 3.8) is 0 Å². The van der Waals surface area contributed by atoms with Crippen molar-refractivity contribution in [1.29, 1.82) is 5.26 Å². The summed E-state index contributed by atoms with van der Waals surface area (Å²) < 4.78 is 5.60. The molecule has 1 aromatic heterocycles. The minimum absolute atomic E-state index is 0.0243. The number of nitrogens with zero attached hydrogens (tertiary/aromatic N) is 1. The van der Waals surface area contributed by atoms with E-state index >= 15 is 0 Å². The average molecular weight is 323 g/mol. The van der Waals surface area contributed by atoms with Crippen LogP contribution >= 0.6 is 35.4 Å². The normalized spacial score (nSPS) is 11.2. The second kappa shape index (κ2) is 6.10. The number of halogens is 2. The van der Waals surface area contributed by atoms with Gasteiger partial charge < -0.3 is 10.2 Å². The van der Waals surface area contributed by atoms with Gasteiger partial charge in [-0.2, -0.15) is 5.26 Å². The minimum Gasteiger partial charge on any atom is -0.457 e. The molecule has 0 radical (unpaired) electrons. The molecule has 0 aliphatic rings. The molecule has 20 heavy (non-hydrogen) atoms. The first-order valence-electron chi connectivity index (χ1n) is 5.47. The van der Waals surface area contributed by atoms with E-state index in [1.807, 2.05) is 6.07 Å². The van der Waals surface area contributed by atoms with E-state index in [0.717, 1.165) is 5.56 Å². The monoisotopic (exact) mass is 322 g/mol. The molecule has 1 heterocycles. The summed E-state index contributed by atoms with van der Waals surface area (Å²) in [5.74, 6) is 1.06. The van der Waals surface area contributed by atoms with Crippen LogP contribution in [0.25, 0.3) is 17.4 Å². The maximum atomic E-state index is 8.89. The predicted octanol–water partition coefficient (Wildman–Crippen LogP) is 4.45. The van der Waals surface area contributed by atoms with Crippen LogP contribution in [0.3, 0.4) is 0 Å². The second-order valence-electron chi connectivity index (χ2n) is 3.89. The van der Waals surface area contributed by atoms with Crippen molar-refractivity contribution in [3.05, 3.63) is 51.7 Å². The van der Waals surface area contributed by atoms with Crippen molar-refractivity contribution in [2.75, 3.05) is 0 Å². The van der Waals surface area contributed by atoms with Crippen LogP contribution in [0.2, 0.25) is 10.0 Å². The number of thiocarbonyl (C=S) groups is 1. The standard InChI is InChI=1S/C14H8Cl2N2OS/c15-10-3-8(4-11(16)6-10)13-2-1-12(19-13)5-9(7-17)14(18)20/h1-6H,(H2,18,20)/b9-5+. The summed E-state index contributed by atoms with van der Waals surface area (Å²) in [6.45, 7) is 0. The lowest BCUT2D eigenvalue weighted by atomic mass is 10.2. The van der Waals surface area contributed by atoms with E-state index in [1.54, 1.807) is 30.3 Å². The molecule has 0 spiro atoms. The lowest BCUT2D eigenvalue weighted by molar-refractivity contribution is 0.571. The molecular formula is C14H8Cl2N2OS. The Balaban J connectivity index is 2.39. The van der Waals surface area contributed by atoms with Crippen LogP contribution in [-0.2, 0) is 0 Å². The zero-order valence-corrected chi connectivity index (χ0v) is 12.4. The number of nitrogens with two attached hydrogens (primary N) is 1. The second-order valence-corrected chi connectivity index (χ2v) is 5.21. The Morgan fingerprint density at radius 1 is 1.25 bits per heavy atom. The Morgan fingerprint density at radius 3 is 2.45 bits per heavy atom. The SMILES string of the molecule is N#C/C(=C\c1ccc(-c2cc(Cl)cc(Cl)c2)o1)C(N)=S. The van der Waals surface area contributed by atoms with Crippen LogP contribution < -0.4 is 5.73 Å². The molecule has 2 aromatic rings. The van der Waals surface area contributed by atoms with Crippen molar-refractivity contribution in [2.45, 2.75) is 0 Å². The number of hydrogen-bond acceptors (Lipinski definition) is 3. The number of rotatable bonds is 3. The molecule has 0 bridgehead atoms. The Labute approximate surface area is 131 Å². The van der Waals surface area contributed by atoms with Crippen molar-refractivity contribution in [2.24, 2.45) is 5.73 Å². The molecule has 0 atom stereocenters. The molecule has 0 unspecified atom stereocenters. The van der Waals surface area contributed by atoms with E-state index in [2.05, 4.69) is 0 Å². The quantitative estimate of drug-likeness (QED) is 0.515. The smallest absolute Gasteiger partial charge is 0.134 e. The fraction of sp³-hybridized carbons (Fsp3) is 0. The van der Waals surface area contributed by atoms with Crippen molar-refractivity contribution < 1.29 is 4.42 Å². The maximum absolute atomic E-state index is 8.89. The molecule has 0 amide bonds. The van der Waals surface area contributed by atoms with E-state index in [9.17, 15) is 0 Å². The lowest BCUT2D eigenvalue weighted by Crippen LogP contribution is -2.09. The van der Waals surface area contributed by atoms with Crippen molar-refractivity contribution >= 4 is 46.5 Å². The zero-order valence-electron chi connectivity index (χ0n) is 10.1. The van der Waals surface area contributed by atoms with Gasteiger partial charge in [-0.05, 0) is 30.3 Å². The van der Waals surface area contributed by atoms with Gasteiger partial charge in [-0.15, -0.1) is 0 Å². The molecular weight excluding hydrogens is 315 g/mol. The first-order chi connectivity index (χ1) is 9.49. The molecule has 3 nitrogen and oxygen atoms in total. The van der Waals surface area contributed by atoms with E-state index in [-0.39, 0.29) is 10.6 Å². The number of furan rings is 1. The zero-order chi connectivity index (χ0) is 14.7. The van der Waals surface area contributed by atoms with E-state index in [1.165, 1.54) is 6.08 Å². The lowest BCUT2D eigenvalue weighted by Gasteiger charge is -1.99. The van der Waals surface area contributed by atoms with Gasteiger partial charge in [-0.25, -0.2) is 0 Å². The molecule has 2 rings (SSSR count). The van der Waals surface area contributed by atoms with E-state index < -0.39 is 0 Å². The van der Waals surface area contributed by atoms with E-state index in [4.69, 9.17) is 50.8 Å². The van der Waals surface area contributed by atoms with Crippen LogP contribution in [0.5, 0.6) is 0 Å². The number of nitriles is 1. The predicted molar refractivity (Wildman–Crippen MR) is 84.5 cm³/mol. The summed E-state index contributed by atoms with van der Waals surface area (Å²) in [5.41, 5.74) is 6.35. The van der Waals surface area contributed by atoms with Gasteiger partial charge in [0.2, 0.25) is 0 Å². The average Bonchev–Trinajstić information content (AvgIpc) is 2.83. The van der Waals surface area contributed by atoms with Crippen LogP contribution in [0.15, 0.2) is 40.3 Å². The fourth-order valence-electron chi connectivity index (χ4n) is 1.58. The van der Waals surface area contributed by atoms with Crippen LogP contribution in [0.4, 0.5) is 0 Å². The van der Waals surface area contributed by atoms with Gasteiger partial charge in [0.1, 0.15) is 22.6 Å². The Kier molecular flexibility index (Phi) is 4.46. The fourth-order valence-corrected chi connectivity index (χ4v) is 2.21. The molecule has 0 aliphatic heterocycles. The van der Waals surface area contributed by atoms with Gasteiger partial charge in [0.25, 0.3) is 0 Å². The highest BCUT2D eigenvalue weighted by Crippen LogP contribution is 2.29. The third-order valence-electron chi connectivity index (χ3n) is 2.45. The van der Waals surface area contributed by atoms with Gasteiger partial charge in [0.15, 0.2) is 0 Å². The molecule has 0 fully saturated rings. The first kappa shape index (κ1) is 14.6. The summed E-state index contributed by atoms with van der Waals surface area (Å²) in [4.78, 5) is 0.0243. The van der Waals surface area contributed by atoms with Gasteiger partial charge in [0, 0.05) is 21.7 Å². The minimum atomic E-state index is 0.0243. The van der Waals surface area contributed by atoms with Crippen LogP contribution in [0.1, 0.15) is 5.76 Å². The summed E-state index contributed by atoms with van der Waals surface area (Å²) in [7, 11) is 0. The summed E-state index contributed by atoms with van der Waals surface area (Å²) in [6.07, 6.45) is 1.48. The van der Waals surface area contributed by atoms with Gasteiger partial charge >= 0.3 is 0 Å². The molecule has 0 saturated carbocycles. The molecule has 2 N–H and O–H groups in total. The van der Waals surface area contributed by atoms with Gasteiger partial charge in [-0.3, -0.25) is 0 Å². The largest absolute Gasteiger partial charge is 0.457 e. The summed E-state index contributed by atoms with van der Waals surface area (Å²) >= 11 is 16.6. The number of hydrogen-bond donors (Lipinski definition) is 1. The van der Waals surface area contributed by atoms with Gasteiger partial charge in [0.05, 0.1) is 5.57 Å². The molecule has 100 valence electrons. The van der Waals surface area contributed by atoms with Crippen molar-refractivity contribution in [1.82, 2.24) is 0 Å². The third-order valence-corrected chi connectivity index (χ3v) is 3.10. The van der Waals surface area contributed by atoms with Crippen molar-refractivity contribution in [3.8, 4) is 17.4 Å². The highest BCUT2D eigenvalue weighted by Gasteiger charge is 2.07. The highest BCUT2D eigenvalue weighted by molar-refractivity contribution is 7.80. The first-order valence-corrected chi connectivity index (χ1v) is 6.64. The molecule has 1 aromatic carbocycles. The van der Waals surface area contributed by atoms with E-state index in [0.29, 0.717) is 21.6 Å². The number of benzene rings is 1. The van der Waals surface area contributed by atoms with Gasteiger partial charge in [-0.1, -0.05) is 35.4 Å². The maximum Gasteiger partial charge on any atom is 0.134 e. The van der Waals surface area contributed by atoms with Crippen LogP contribution in [0, 0.1) is 11.3 Å². The molecule has 0 saturated heterocycles. The Hall–Kier alpha value is -1.80. The molecule has 6 heteroatoms. The summed E-state index contributed by atoms with van der Waals surface area (Å²) in [5, 5.41) is 9.92. The Bertz CT molecular complexity index is 724. The molecule has 0 aliphatic carbocycles. The van der Waals surface area contributed by atoms with Crippen LogP contribution in [-0.4, -0.2) is 4.99 Å². The third kappa shape index (κ3) is 3.40. The highest BCUT2D eigenvalue weighted by atomic mass is 35.5.